The van der Waals surface area contributed by atoms with E-state index in [0.29, 0.717) is 0 Å². The molecule has 0 N–H and O–H groups in total. The Labute approximate surface area is 108 Å². The third-order valence-corrected chi connectivity index (χ3v) is 3.77. The first-order chi connectivity index (χ1) is 6.68. The van der Waals surface area contributed by atoms with E-state index in [2.05, 4.69) is 78.1 Å². The predicted octanol–water partition coefficient (Wildman–Crippen LogP) is 5.39. The van der Waals surface area contributed by atoms with Crippen LogP contribution in [0.5, 0.6) is 0 Å². The summed E-state index contributed by atoms with van der Waals surface area (Å²) in [6.07, 6.45) is 0. The molecule has 0 amide bonds. The van der Waals surface area contributed by atoms with Gasteiger partial charge in [-0.2, -0.15) is 0 Å². The van der Waals surface area contributed by atoms with Crippen LogP contribution in [0.3, 0.4) is 0 Å². The molecule has 2 rings (SSSR count). The van der Waals surface area contributed by atoms with E-state index in [4.69, 9.17) is 0 Å². The van der Waals surface area contributed by atoms with Gasteiger partial charge in [0.1, 0.15) is 0 Å². The highest BCUT2D eigenvalue weighted by Gasteiger charge is 2.08. The number of alkyl halides is 2. The van der Waals surface area contributed by atoms with E-state index in [9.17, 15) is 0 Å². The Balaban J connectivity index is 2.71. The normalized spacial score (nSPS) is 11.1. The number of halogens is 3. The van der Waals surface area contributed by atoms with Crippen molar-refractivity contribution in [2.24, 2.45) is 0 Å². The Bertz CT molecular complexity index is 463. The molecule has 0 aliphatic rings. The van der Waals surface area contributed by atoms with Gasteiger partial charge in [-0.05, 0) is 28.5 Å². The van der Waals surface area contributed by atoms with Crippen molar-refractivity contribution in [3.8, 4) is 0 Å². The number of benzene rings is 2. The standard InChI is InChI=1S/C11H7Br3/c12-10-6-8-4-2-1-3-7(8)5-9(10)11(13)14/h1-6,11H. The van der Waals surface area contributed by atoms with Crippen LogP contribution in [-0.2, 0) is 0 Å². The minimum Gasteiger partial charge on any atom is -0.0712 e. The molecule has 0 radical (unpaired) electrons. The molecule has 0 heterocycles. The lowest BCUT2D eigenvalue weighted by Crippen LogP contribution is -1.84. The largest absolute Gasteiger partial charge is 0.0957 e. The first-order valence-corrected chi connectivity index (χ1v) is 6.77. The second kappa shape index (κ2) is 4.33. The van der Waals surface area contributed by atoms with Crippen molar-refractivity contribution < 1.29 is 0 Å². The predicted molar refractivity (Wildman–Crippen MR) is 72.2 cm³/mol. The van der Waals surface area contributed by atoms with Crippen LogP contribution in [0.25, 0.3) is 10.8 Å². The van der Waals surface area contributed by atoms with E-state index in [-0.39, 0.29) is 3.74 Å². The van der Waals surface area contributed by atoms with Gasteiger partial charge < -0.3 is 0 Å². The van der Waals surface area contributed by atoms with E-state index < -0.39 is 0 Å². The van der Waals surface area contributed by atoms with Crippen LogP contribution in [0.2, 0.25) is 0 Å². The van der Waals surface area contributed by atoms with Crippen LogP contribution in [0.15, 0.2) is 40.9 Å². The third-order valence-electron chi connectivity index (χ3n) is 2.10. The summed E-state index contributed by atoms with van der Waals surface area (Å²) in [6, 6.07) is 12.6. The fourth-order valence-electron chi connectivity index (χ4n) is 1.40. The fourth-order valence-corrected chi connectivity index (χ4v) is 3.36. The number of hydrogen-bond donors (Lipinski definition) is 0. The minimum absolute atomic E-state index is 0.189. The minimum atomic E-state index is 0.189. The second-order valence-electron chi connectivity index (χ2n) is 3.02. The molecule has 0 bridgehead atoms. The van der Waals surface area contributed by atoms with Gasteiger partial charge in [0.05, 0.1) is 3.74 Å². The van der Waals surface area contributed by atoms with E-state index >= 15 is 0 Å². The van der Waals surface area contributed by atoms with Crippen molar-refractivity contribution in [3.05, 3.63) is 46.4 Å². The van der Waals surface area contributed by atoms with E-state index in [1.54, 1.807) is 0 Å². The zero-order valence-electron chi connectivity index (χ0n) is 7.18. The summed E-state index contributed by atoms with van der Waals surface area (Å²) < 4.78 is 1.31. The van der Waals surface area contributed by atoms with Gasteiger partial charge in [-0.1, -0.05) is 72.1 Å². The van der Waals surface area contributed by atoms with E-state index in [0.717, 1.165) is 4.47 Å². The summed E-state index contributed by atoms with van der Waals surface area (Å²) >= 11 is 10.6. The summed E-state index contributed by atoms with van der Waals surface area (Å²) in [6.45, 7) is 0. The summed E-state index contributed by atoms with van der Waals surface area (Å²) in [5.41, 5.74) is 1.21. The van der Waals surface area contributed by atoms with Gasteiger partial charge in [0.25, 0.3) is 0 Å². The molecule has 3 heteroatoms. The summed E-state index contributed by atoms with van der Waals surface area (Å²) in [5.74, 6) is 0. The van der Waals surface area contributed by atoms with Gasteiger partial charge in [-0.25, -0.2) is 0 Å². The second-order valence-corrected chi connectivity index (χ2v) is 6.94. The summed E-state index contributed by atoms with van der Waals surface area (Å²) in [7, 11) is 0. The van der Waals surface area contributed by atoms with Crippen LogP contribution >= 0.6 is 47.8 Å². The van der Waals surface area contributed by atoms with Crippen LogP contribution in [0, 0.1) is 0 Å². The molecule has 0 unspecified atom stereocenters. The topological polar surface area (TPSA) is 0 Å². The number of fused-ring (bicyclic) bond motifs is 1. The molecule has 14 heavy (non-hydrogen) atoms. The molecule has 0 spiro atoms. The molecular weight excluding hydrogens is 372 g/mol. The lowest BCUT2D eigenvalue weighted by Gasteiger charge is -2.07. The van der Waals surface area contributed by atoms with Crippen LogP contribution in [0.4, 0.5) is 0 Å². The van der Waals surface area contributed by atoms with Crippen molar-refractivity contribution in [1.82, 2.24) is 0 Å². The molecule has 0 fully saturated rings. The smallest absolute Gasteiger partial charge is 0.0712 e. The molecule has 72 valence electrons. The Kier molecular flexibility index (Phi) is 3.30. The van der Waals surface area contributed by atoms with Crippen molar-refractivity contribution in [1.29, 1.82) is 0 Å². The highest BCUT2D eigenvalue weighted by molar-refractivity contribution is 9.24. The van der Waals surface area contributed by atoms with Gasteiger partial charge >= 0.3 is 0 Å². The van der Waals surface area contributed by atoms with Gasteiger partial charge in [-0.15, -0.1) is 0 Å². The Hall–Kier alpha value is 0.140. The first kappa shape index (κ1) is 10.7. The monoisotopic (exact) mass is 376 g/mol. The van der Waals surface area contributed by atoms with Gasteiger partial charge in [0, 0.05) is 4.47 Å². The highest BCUT2D eigenvalue weighted by atomic mass is 79.9. The maximum Gasteiger partial charge on any atom is 0.0957 e. The molecule has 0 saturated heterocycles. The molecule has 0 atom stereocenters. The van der Waals surface area contributed by atoms with E-state index in [1.807, 2.05) is 6.07 Å². The maximum atomic E-state index is 3.56. The molecule has 0 aromatic heterocycles. The van der Waals surface area contributed by atoms with Gasteiger partial charge in [0.2, 0.25) is 0 Å². The number of rotatable bonds is 1. The summed E-state index contributed by atoms with van der Waals surface area (Å²) in [5, 5.41) is 2.51. The molecule has 0 aliphatic heterocycles. The quantitative estimate of drug-likeness (QED) is 0.583. The lowest BCUT2D eigenvalue weighted by molar-refractivity contribution is 1.41. The van der Waals surface area contributed by atoms with Crippen LogP contribution < -0.4 is 0 Å². The maximum absolute atomic E-state index is 3.56. The molecule has 0 saturated carbocycles. The zero-order valence-corrected chi connectivity index (χ0v) is 11.9. The molecule has 0 nitrogen and oxygen atoms in total. The Morgan fingerprint density at radius 1 is 0.929 bits per heavy atom. The average Bonchev–Trinajstić information content (AvgIpc) is 2.16. The first-order valence-electron chi connectivity index (χ1n) is 4.15. The fraction of sp³-hybridized carbons (Fsp3) is 0.0909. The van der Waals surface area contributed by atoms with Crippen LogP contribution in [0.1, 0.15) is 9.30 Å². The molecule has 2 aromatic rings. The van der Waals surface area contributed by atoms with Crippen molar-refractivity contribution in [2.45, 2.75) is 3.74 Å². The highest BCUT2D eigenvalue weighted by Crippen LogP contribution is 2.36. The average molecular weight is 379 g/mol. The van der Waals surface area contributed by atoms with Gasteiger partial charge in [-0.3, -0.25) is 0 Å². The van der Waals surface area contributed by atoms with Crippen molar-refractivity contribution in [3.63, 3.8) is 0 Å². The van der Waals surface area contributed by atoms with Crippen molar-refractivity contribution >= 4 is 58.6 Å². The zero-order chi connectivity index (χ0) is 10.1. The third kappa shape index (κ3) is 2.05. The Morgan fingerprint density at radius 3 is 2.07 bits per heavy atom. The van der Waals surface area contributed by atoms with Gasteiger partial charge in [0.15, 0.2) is 0 Å². The summed E-state index contributed by atoms with van der Waals surface area (Å²) in [4.78, 5) is 0. The van der Waals surface area contributed by atoms with Crippen molar-refractivity contribution in [2.75, 3.05) is 0 Å². The van der Waals surface area contributed by atoms with E-state index in [1.165, 1.54) is 16.3 Å². The Morgan fingerprint density at radius 2 is 1.50 bits per heavy atom. The number of hydrogen-bond acceptors (Lipinski definition) is 0. The molecule has 0 aliphatic carbocycles. The molecule has 2 aromatic carbocycles. The SMILES string of the molecule is Brc1cc2ccccc2cc1C(Br)Br. The van der Waals surface area contributed by atoms with Crippen LogP contribution in [-0.4, -0.2) is 0 Å². The molecular formula is C11H7Br3. The lowest BCUT2D eigenvalue weighted by atomic mass is 10.1.